The van der Waals surface area contributed by atoms with Crippen LogP contribution < -0.4 is 4.74 Å². The van der Waals surface area contributed by atoms with Gasteiger partial charge in [-0.15, -0.1) is 11.8 Å². The fourth-order valence-corrected chi connectivity index (χ4v) is 1.87. The third-order valence-corrected chi connectivity index (χ3v) is 3.09. The van der Waals surface area contributed by atoms with Gasteiger partial charge in [-0.25, -0.2) is 0 Å². The Balaban J connectivity index is 2.24. The topological polar surface area (TPSA) is 26.3 Å². The van der Waals surface area contributed by atoms with Crippen LogP contribution in [-0.2, 0) is 4.79 Å². The molecule has 0 unspecified atom stereocenters. The number of benzene rings is 1. The number of hydrogen-bond donors (Lipinski definition) is 0. The molecule has 0 bridgehead atoms. The van der Waals surface area contributed by atoms with E-state index in [1.807, 2.05) is 30.3 Å². The number of ketones is 1. The molecule has 1 aromatic rings. The fraction of sp³-hybridized carbons (Fsp3) is 0.182. The Morgan fingerprint density at radius 3 is 2.93 bits per heavy atom. The SMILES string of the molecule is COc1cccc(C=C2SCC2=O)c1. The van der Waals surface area contributed by atoms with Gasteiger partial charge in [0.2, 0.25) is 0 Å². The third kappa shape index (κ3) is 1.82. The molecule has 1 aliphatic heterocycles. The molecule has 72 valence electrons. The first-order valence-corrected chi connectivity index (χ1v) is 5.30. The summed E-state index contributed by atoms with van der Waals surface area (Å²) < 4.78 is 5.09. The maximum atomic E-state index is 11.1. The van der Waals surface area contributed by atoms with E-state index < -0.39 is 0 Å². The van der Waals surface area contributed by atoms with Crippen LogP contribution in [0, 0.1) is 0 Å². The van der Waals surface area contributed by atoms with E-state index in [-0.39, 0.29) is 5.78 Å². The number of hydrogen-bond acceptors (Lipinski definition) is 3. The minimum Gasteiger partial charge on any atom is -0.497 e. The van der Waals surface area contributed by atoms with E-state index >= 15 is 0 Å². The zero-order chi connectivity index (χ0) is 9.97. The van der Waals surface area contributed by atoms with Crippen molar-refractivity contribution in [1.29, 1.82) is 0 Å². The molecule has 1 fully saturated rings. The second-order valence-electron chi connectivity index (χ2n) is 3.00. The van der Waals surface area contributed by atoms with Gasteiger partial charge in [0.1, 0.15) is 5.75 Å². The van der Waals surface area contributed by atoms with Gasteiger partial charge in [-0.2, -0.15) is 0 Å². The molecule has 2 nitrogen and oxygen atoms in total. The number of methoxy groups -OCH3 is 1. The molecule has 0 atom stereocenters. The van der Waals surface area contributed by atoms with Crippen molar-refractivity contribution in [2.45, 2.75) is 0 Å². The monoisotopic (exact) mass is 206 g/mol. The van der Waals surface area contributed by atoms with Gasteiger partial charge in [0.15, 0.2) is 5.78 Å². The predicted octanol–water partition coefficient (Wildman–Crippen LogP) is 2.35. The highest BCUT2D eigenvalue weighted by atomic mass is 32.2. The lowest BCUT2D eigenvalue weighted by atomic mass is 10.2. The zero-order valence-corrected chi connectivity index (χ0v) is 8.64. The Morgan fingerprint density at radius 2 is 2.36 bits per heavy atom. The largest absolute Gasteiger partial charge is 0.497 e. The second kappa shape index (κ2) is 3.88. The Kier molecular flexibility index (Phi) is 2.59. The van der Waals surface area contributed by atoms with E-state index in [0.717, 1.165) is 16.2 Å². The molecule has 14 heavy (non-hydrogen) atoms. The third-order valence-electron chi connectivity index (χ3n) is 2.03. The lowest BCUT2D eigenvalue weighted by Crippen LogP contribution is -2.13. The lowest BCUT2D eigenvalue weighted by molar-refractivity contribution is -0.113. The van der Waals surface area contributed by atoms with Gasteiger partial charge in [-0.1, -0.05) is 12.1 Å². The van der Waals surface area contributed by atoms with Crippen molar-refractivity contribution < 1.29 is 9.53 Å². The van der Waals surface area contributed by atoms with Crippen molar-refractivity contribution in [1.82, 2.24) is 0 Å². The molecule has 0 amide bonds. The standard InChI is InChI=1S/C11H10O2S/c1-13-9-4-2-3-8(5-9)6-11-10(12)7-14-11/h2-6H,7H2,1H3. The summed E-state index contributed by atoms with van der Waals surface area (Å²) in [6.07, 6.45) is 1.90. The Hall–Kier alpha value is -1.22. The minimum atomic E-state index is 0.234. The van der Waals surface area contributed by atoms with Gasteiger partial charge in [0, 0.05) is 0 Å². The Bertz CT molecular complexity index is 396. The number of allylic oxidation sites excluding steroid dienone is 1. The van der Waals surface area contributed by atoms with Crippen molar-refractivity contribution >= 4 is 23.6 Å². The van der Waals surface area contributed by atoms with Crippen molar-refractivity contribution in [2.24, 2.45) is 0 Å². The normalized spacial score (nSPS) is 18.1. The maximum absolute atomic E-state index is 11.1. The summed E-state index contributed by atoms with van der Waals surface area (Å²) in [5.74, 6) is 1.67. The van der Waals surface area contributed by atoms with Crippen LogP contribution in [0.4, 0.5) is 0 Å². The van der Waals surface area contributed by atoms with E-state index in [2.05, 4.69) is 0 Å². The van der Waals surface area contributed by atoms with E-state index in [9.17, 15) is 4.79 Å². The zero-order valence-electron chi connectivity index (χ0n) is 7.82. The molecule has 0 aromatic heterocycles. The van der Waals surface area contributed by atoms with Crippen molar-refractivity contribution in [3.63, 3.8) is 0 Å². The van der Waals surface area contributed by atoms with E-state index in [4.69, 9.17) is 4.74 Å². The van der Waals surface area contributed by atoms with Crippen LogP contribution >= 0.6 is 11.8 Å². The smallest absolute Gasteiger partial charge is 0.179 e. The summed E-state index contributed by atoms with van der Waals surface area (Å²) in [5, 5.41) is 0. The quantitative estimate of drug-likeness (QED) is 0.695. The Morgan fingerprint density at radius 1 is 1.50 bits per heavy atom. The van der Waals surface area contributed by atoms with Crippen LogP contribution in [0.3, 0.4) is 0 Å². The minimum absolute atomic E-state index is 0.234. The van der Waals surface area contributed by atoms with Gasteiger partial charge in [-0.05, 0) is 23.8 Å². The van der Waals surface area contributed by atoms with Crippen molar-refractivity contribution in [3.05, 3.63) is 34.7 Å². The summed E-state index contributed by atoms with van der Waals surface area (Å²) in [6, 6.07) is 7.68. The van der Waals surface area contributed by atoms with E-state index in [1.165, 1.54) is 0 Å². The van der Waals surface area contributed by atoms with Gasteiger partial charge in [0.25, 0.3) is 0 Å². The molecule has 0 N–H and O–H groups in total. The number of carbonyl (C=O) groups excluding carboxylic acids is 1. The molecule has 2 rings (SSSR count). The molecular weight excluding hydrogens is 196 g/mol. The van der Waals surface area contributed by atoms with Gasteiger partial charge < -0.3 is 4.74 Å². The summed E-state index contributed by atoms with van der Waals surface area (Å²) in [4.78, 5) is 11.9. The van der Waals surface area contributed by atoms with Gasteiger partial charge >= 0.3 is 0 Å². The molecule has 1 saturated heterocycles. The highest BCUT2D eigenvalue weighted by Crippen LogP contribution is 2.31. The van der Waals surface area contributed by atoms with E-state index in [0.29, 0.717) is 5.75 Å². The lowest BCUT2D eigenvalue weighted by Gasteiger charge is -2.13. The Labute approximate surface area is 87.0 Å². The van der Waals surface area contributed by atoms with Crippen LogP contribution in [0.25, 0.3) is 6.08 Å². The van der Waals surface area contributed by atoms with Crippen LogP contribution in [-0.4, -0.2) is 18.6 Å². The van der Waals surface area contributed by atoms with Gasteiger partial charge in [0.05, 0.1) is 17.8 Å². The summed E-state index contributed by atoms with van der Waals surface area (Å²) in [6.45, 7) is 0. The molecular formula is C11H10O2S. The number of carbonyl (C=O) groups is 1. The van der Waals surface area contributed by atoms with Crippen molar-refractivity contribution in [3.8, 4) is 5.75 Å². The van der Waals surface area contributed by atoms with E-state index in [1.54, 1.807) is 18.9 Å². The van der Waals surface area contributed by atoms with Crippen LogP contribution in [0.2, 0.25) is 0 Å². The first kappa shape index (κ1) is 9.34. The fourth-order valence-electron chi connectivity index (χ4n) is 1.22. The molecule has 0 aliphatic carbocycles. The molecule has 0 saturated carbocycles. The highest BCUT2D eigenvalue weighted by Gasteiger charge is 2.20. The molecule has 1 aromatic carbocycles. The molecule has 1 heterocycles. The number of thioether (sulfide) groups is 1. The van der Waals surface area contributed by atoms with Crippen LogP contribution in [0.5, 0.6) is 5.75 Å². The molecule has 3 heteroatoms. The summed E-state index contributed by atoms with van der Waals surface area (Å²) >= 11 is 1.59. The highest BCUT2D eigenvalue weighted by molar-refractivity contribution is 8.07. The summed E-state index contributed by atoms with van der Waals surface area (Å²) in [7, 11) is 1.63. The number of Topliss-reactive ketones (excluding diaryl/α,β-unsaturated/α-hetero) is 1. The number of ether oxygens (including phenoxy) is 1. The average molecular weight is 206 g/mol. The van der Waals surface area contributed by atoms with Crippen molar-refractivity contribution in [2.75, 3.05) is 12.9 Å². The second-order valence-corrected chi connectivity index (χ2v) is 4.01. The molecule has 0 radical (unpaired) electrons. The summed E-state index contributed by atoms with van der Waals surface area (Å²) in [5.41, 5.74) is 1.01. The molecule has 1 aliphatic rings. The molecule has 0 spiro atoms. The maximum Gasteiger partial charge on any atom is 0.179 e. The average Bonchev–Trinajstić information content (AvgIpc) is 2.24. The predicted molar refractivity (Wildman–Crippen MR) is 58.4 cm³/mol. The van der Waals surface area contributed by atoms with Gasteiger partial charge in [-0.3, -0.25) is 4.79 Å². The van der Waals surface area contributed by atoms with Crippen LogP contribution in [0.1, 0.15) is 5.56 Å². The first-order valence-electron chi connectivity index (χ1n) is 4.31. The van der Waals surface area contributed by atoms with Crippen LogP contribution in [0.15, 0.2) is 29.2 Å². The first-order chi connectivity index (χ1) is 6.79. The number of rotatable bonds is 2.